The zero-order valence-corrected chi connectivity index (χ0v) is 10.7. The topological polar surface area (TPSA) is 92.2 Å². The van der Waals surface area contributed by atoms with E-state index in [2.05, 4.69) is 15.3 Å². The minimum Gasteiger partial charge on any atom is -0.481 e. The number of aliphatic carboxylic acids is 1. The summed E-state index contributed by atoms with van der Waals surface area (Å²) in [6.45, 7) is 5.29. The van der Waals surface area contributed by atoms with E-state index in [0.717, 1.165) is 0 Å². The number of nitrogens with one attached hydrogen (secondary N) is 1. The van der Waals surface area contributed by atoms with Crippen molar-refractivity contribution in [2.24, 2.45) is 0 Å². The average Bonchev–Trinajstić information content (AvgIpc) is 2.26. The van der Waals surface area contributed by atoms with Gasteiger partial charge in [0.15, 0.2) is 0 Å². The van der Waals surface area contributed by atoms with E-state index in [1.807, 2.05) is 0 Å². The predicted octanol–water partition coefficient (Wildman–Crippen LogP) is 1.16. The molecular weight excluding hydrogens is 234 g/mol. The number of rotatable bonds is 5. The minimum absolute atomic E-state index is 0.0115. The Labute approximate surface area is 105 Å². The van der Waals surface area contributed by atoms with Crippen LogP contribution in [0.2, 0.25) is 0 Å². The van der Waals surface area contributed by atoms with Crippen LogP contribution in [0.4, 0.5) is 0 Å². The van der Waals surface area contributed by atoms with Crippen LogP contribution in [0.25, 0.3) is 0 Å². The molecule has 1 heterocycles. The van der Waals surface area contributed by atoms with Crippen LogP contribution in [-0.4, -0.2) is 32.5 Å². The Balaban J connectivity index is 2.69. The van der Waals surface area contributed by atoms with Gasteiger partial charge in [0.1, 0.15) is 6.33 Å². The highest BCUT2D eigenvalue weighted by atomic mass is 16.4. The molecule has 0 aliphatic rings. The van der Waals surface area contributed by atoms with Crippen LogP contribution in [-0.2, 0) is 4.79 Å². The molecule has 0 saturated heterocycles. The molecule has 18 heavy (non-hydrogen) atoms. The first kappa shape index (κ1) is 14.1. The van der Waals surface area contributed by atoms with Crippen LogP contribution in [0.15, 0.2) is 12.5 Å². The maximum atomic E-state index is 12.0. The number of amides is 1. The molecule has 1 amide bonds. The van der Waals surface area contributed by atoms with Crippen LogP contribution in [0.5, 0.6) is 0 Å². The Bertz CT molecular complexity index is 458. The Morgan fingerprint density at radius 2 is 2.11 bits per heavy atom. The van der Waals surface area contributed by atoms with Crippen LogP contribution in [0, 0.1) is 6.92 Å². The van der Waals surface area contributed by atoms with Gasteiger partial charge < -0.3 is 10.4 Å². The largest absolute Gasteiger partial charge is 0.481 e. The molecule has 0 aliphatic heterocycles. The van der Waals surface area contributed by atoms with Gasteiger partial charge in [-0.1, -0.05) is 0 Å². The van der Waals surface area contributed by atoms with Crippen LogP contribution >= 0.6 is 0 Å². The summed E-state index contributed by atoms with van der Waals surface area (Å²) in [5.41, 5.74) is 0.412. The number of hydrogen-bond donors (Lipinski definition) is 2. The number of hydrogen-bond acceptors (Lipinski definition) is 4. The summed E-state index contributed by atoms with van der Waals surface area (Å²) < 4.78 is 0. The normalized spacial score (nSPS) is 11.1. The van der Waals surface area contributed by atoms with Crippen molar-refractivity contribution in [2.45, 2.75) is 39.2 Å². The number of nitrogens with zero attached hydrogens (tertiary/aromatic N) is 2. The highest BCUT2D eigenvalue weighted by Gasteiger charge is 2.23. The lowest BCUT2D eigenvalue weighted by atomic mass is 9.98. The van der Waals surface area contributed by atoms with Gasteiger partial charge in [-0.25, -0.2) is 9.97 Å². The summed E-state index contributed by atoms with van der Waals surface area (Å²) in [5, 5.41) is 11.4. The maximum absolute atomic E-state index is 12.0. The molecule has 1 aromatic rings. The molecule has 0 fully saturated rings. The van der Waals surface area contributed by atoms with Gasteiger partial charge in [-0.3, -0.25) is 9.59 Å². The molecule has 98 valence electrons. The van der Waals surface area contributed by atoms with Crippen molar-refractivity contribution in [1.29, 1.82) is 0 Å². The Morgan fingerprint density at radius 1 is 1.44 bits per heavy atom. The number of carboxylic acid groups (broad SMARTS) is 1. The van der Waals surface area contributed by atoms with Gasteiger partial charge >= 0.3 is 5.97 Å². The molecule has 6 nitrogen and oxygen atoms in total. The summed E-state index contributed by atoms with van der Waals surface area (Å²) in [7, 11) is 0. The van der Waals surface area contributed by atoms with Crippen molar-refractivity contribution in [3.63, 3.8) is 0 Å². The van der Waals surface area contributed by atoms with Crippen molar-refractivity contribution in [3.05, 3.63) is 23.8 Å². The molecule has 0 atom stereocenters. The van der Waals surface area contributed by atoms with E-state index in [1.165, 1.54) is 12.5 Å². The van der Waals surface area contributed by atoms with Crippen molar-refractivity contribution in [2.75, 3.05) is 0 Å². The maximum Gasteiger partial charge on any atom is 0.303 e. The lowest BCUT2D eigenvalue weighted by Crippen LogP contribution is -2.44. The summed E-state index contributed by atoms with van der Waals surface area (Å²) in [5.74, 6) is -1.17. The lowest BCUT2D eigenvalue weighted by Gasteiger charge is -2.25. The van der Waals surface area contributed by atoms with Gasteiger partial charge in [-0.2, -0.15) is 0 Å². The molecular formula is C12H17N3O3. The highest BCUT2D eigenvalue weighted by Crippen LogP contribution is 2.13. The Morgan fingerprint density at radius 3 is 2.67 bits per heavy atom. The molecule has 0 aromatic carbocycles. The summed E-state index contributed by atoms with van der Waals surface area (Å²) in [6, 6.07) is 0. The SMILES string of the molecule is Cc1ncncc1C(=O)NC(C)(C)CCC(=O)O. The molecule has 0 unspecified atom stereocenters. The lowest BCUT2D eigenvalue weighted by molar-refractivity contribution is -0.137. The third-order valence-electron chi connectivity index (χ3n) is 2.57. The first-order valence-electron chi connectivity index (χ1n) is 5.63. The monoisotopic (exact) mass is 251 g/mol. The summed E-state index contributed by atoms with van der Waals surface area (Å²) in [4.78, 5) is 30.3. The molecule has 0 aliphatic carbocycles. The van der Waals surface area contributed by atoms with Crippen LogP contribution < -0.4 is 5.32 Å². The second-order valence-corrected chi connectivity index (χ2v) is 4.75. The average molecular weight is 251 g/mol. The van der Waals surface area contributed by atoms with E-state index in [0.29, 0.717) is 17.7 Å². The van der Waals surface area contributed by atoms with Gasteiger partial charge in [0.05, 0.1) is 11.3 Å². The second-order valence-electron chi connectivity index (χ2n) is 4.75. The van der Waals surface area contributed by atoms with Gasteiger partial charge in [-0.05, 0) is 27.2 Å². The number of aromatic nitrogens is 2. The molecule has 0 radical (unpaired) electrons. The van der Waals surface area contributed by atoms with E-state index >= 15 is 0 Å². The summed E-state index contributed by atoms with van der Waals surface area (Å²) in [6.07, 6.45) is 3.20. The molecule has 0 bridgehead atoms. The third kappa shape index (κ3) is 4.12. The zero-order valence-electron chi connectivity index (χ0n) is 10.7. The smallest absolute Gasteiger partial charge is 0.303 e. The first-order valence-corrected chi connectivity index (χ1v) is 5.63. The number of carbonyl (C=O) groups excluding carboxylic acids is 1. The van der Waals surface area contributed by atoms with Crippen molar-refractivity contribution in [1.82, 2.24) is 15.3 Å². The molecule has 0 saturated carbocycles. The second kappa shape index (κ2) is 5.57. The fourth-order valence-corrected chi connectivity index (χ4v) is 1.47. The molecule has 0 spiro atoms. The third-order valence-corrected chi connectivity index (χ3v) is 2.57. The standard InChI is InChI=1S/C12H17N3O3/c1-8-9(6-13-7-14-8)11(18)15-12(2,3)5-4-10(16)17/h6-7H,4-5H2,1-3H3,(H,15,18)(H,16,17). The van der Waals surface area contributed by atoms with E-state index in [1.54, 1.807) is 20.8 Å². The van der Waals surface area contributed by atoms with Gasteiger partial charge in [0.25, 0.3) is 5.91 Å². The number of carbonyl (C=O) groups is 2. The highest BCUT2D eigenvalue weighted by molar-refractivity contribution is 5.95. The Hall–Kier alpha value is -1.98. The zero-order chi connectivity index (χ0) is 13.8. The molecule has 1 aromatic heterocycles. The van der Waals surface area contributed by atoms with E-state index in [-0.39, 0.29) is 12.3 Å². The predicted molar refractivity (Wildman–Crippen MR) is 65.2 cm³/mol. The van der Waals surface area contributed by atoms with E-state index in [9.17, 15) is 9.59 Å². The van der Waals surface area contributed by atoms with Gasteiger partial charge in [0, 0.05) is 18.2 Å². The first-order chi connectivity index (χ1) is 8.32. The van der Waals surface area contributed by atoms with Gasteiger partial charge in [0.2, 0.25) is 0 Å². The minimum atomic E-state index is -0.878. The van der Waals surface area contributed by atoms with Crippen molar-refractivity contribution >= 4 is 11.9 Å². The molecule has 2 N–H and O–H groups in total. The van der Waals surface area contributed by atoms with Crippen molar-refractivity contribution < 1.29 is 14.7 Å². The fourth-order valence-electron chi connectivity index (χ4n) is 1.47. The number of carboxylic acids is 1. The van der Waals surface area contributed by atoms with Crippen LogP contribution in [0.3, 0.4) is 0 Å². The van der Waals surface area contributed by atoms with Crippen molar-refractivity contribution in [3.8, 4) is 0 Å². The molecule has 6 heteroatoms. The van der Waals surface area contributed by atoms with Gasteiger partial charge in [-0.15, -0.1) is 0 Å². The van der Waals surface area contributed by atoms with Crippen LogP contribution in [0.1, 0.15) is 42.7 Å². The quantitative estimate of drug-likeness (QED) is 0.819. The molecule has 1 rings (SSSR count). The van der Waals surface area contributed by atoms with E-state index < -0.39 is 11.5 Å². The summed E-state index contributed by atoms with van der Waals surface area (Å²) >= 11 is 0. The fraction of sp³-hybridized carbons (Fsp3) is 0.500. The number of aryl methyl sites for hydroxylation is 1. The van der Waals surface area contributed by atoms with E-state index in [4.69, 9.17) is 5.11 Å². The Kier molecular flexibility index (Phi) is 4.36.